The van der Waals surface area contributed by atoms with Crippen LogP contribution in [0.1, 0.15) is 42.5 Å². The van der Waals surface area contributed by atoms with Crippen molar-refractivity contribution in [1.82, 2.24) is 19.0 Å². The van der Waals surface area contributed by atoms with E-state index in [2.05, 4.69) is 27.3 Å². The Morgan fingerprint density at radius 1 is 1.23 bits per heavy atom. The Labute approximate surface area is 192 Å². The summed E-state index contributed by atoms with van der Waals surface area (Å²) in [6.45, 7) is 8.20. The van der Waals surface area contributed by atoms with E-state index < -0.39 is 10.2 Å². The second-order valence-electron chi connectivity index (χ2n) is 8.43. The molecule has 2 N–H and O–H groups in total. The largest absolute Gasteiger partial charge is 0.378 e. The summed E-state index contributed by atoms with van der Waals surface area (Å²) in [5, 5.41) is 7.51. The Kier molecular flexibility index (Phi) is 7.29. The van der Waals surface area contributed by atoms with Crippen LogP contribution in [0.5, 0.6) is 0 Å². The molecule has 0 amide bonds. The van der Waals surface area contributed by atoms with E-state index in [1.165, 1.54) is 9.18 Å². The molecule has 172 valence electrons. The minimum Gasteiger partial charge on any atom is -0.378 e. The van der Waals surface area contributed by atoms with E-state index in [9.17, 15) is 8.42 Å². The molecular weight excluding hydrogens is 454 g/mol. The van der Waals surface area contributed by atoms with Crippen LogP contribution in [0.2, 0.25) is 0 Å². The van der Waals surface area contributed by atoms with Crippen molar-refractivity contribution < 1.29 is 13.2 Å². The van der Waals surface area contributed by atoms with E-state index in [1.54, 1.807) is 22.7 Å². The monoisotopic (exact) mass is 485 g/mol. The molecule has 0 bridgehead atoms. The molecule has 1 atom stereocenters. The van der Waals surface area contributed by atoms with E-state index in [1.807, 2.05) is 13.8 Å². The van der Waals surface area contributed by atoms with Crippen molar-refractivity contribution >= 4 is 38.0 Å². The van der Waals surface area contributed by atoms with Gasteiger partial charge in [-0.2, -0.15) is 17.4 Å². The highest BCUT2D eigenvalue weighted by Gasteiger charge is 2.33. The fraction of sp³-hybridized carbons (Fsp3) is 0.700. The Hall–Kier alpha value is -1.11. The van der Waals surface area contributed by atoms with Crippen LogP contribution in [-0.4, -0.2) is 61.1 Å². The first-order valence-corrected chi connectivity index (χ1v) is 14.0. The molecule has 11 heteroatoms. The molecule has 2 aromatic heterocycles. The molecule has 2 aliphatic rings. The molecule has 1 unspecified atom stereocenters. The molecule has 2 aromatic rings. The Bertz CT molecular complexity index is 982. The summed E-state index contributed by atoms with van der Waals surface area (Å²) in [6.07, 6.45) is 3.73. The second-order valence-corrected chi connectivity index (χ2v) is 12.4. The molecule has 1 aliphatic carbocycles. The summed E-state index contributed by atoms with van der Waals surface area (Å²) in [6, 6.07) is -0.106. The summed E-state index contributed by atoms with van der Waals surface area (Å²) in [4.78, 5) is 10.5. The molecule has 31 heavy (non-hydrogen) atoms. The number of aryl methyl sites for hydroxylation is 2. The third kappa shape index (κ3) is 5.63. The number of nitrogens with zero attached hydrogens (tertiary/aromatic N) is 3. The molecule has 1 saturated heterocycles. The number of ether oxygens (including phenoxy) is 1. The van der Waals surface area contributed by atoms with Gasteiger partial charge in [-0.3, -0.25) is 0 Å². The average Bonchev–Trinajstić information content (AvgIpc) is 3.33. The Balaban J connectivity index is 1.24. The normalized spacial score (nSPS) is 25.6. The van der Waals surface area contributed by atoms with Crippen LogP contribution in [0, 0.1) is 19.8 Å². The minimum absolute atomic E-state index is 0.0126. The van der Waals surface area contributed by atoms with Gasteiger partial charge in [0, 0.05) is 35.4 Å². The highest BCUT2D eigenvalue weighted by atomic mass is 32.2. The highest BCUT2D eigenvalue weighted by molar-refractivity contribution is 7.87. The molecule has 0 spiro atoms. The van der Waals surface area contributed by atoms with Gasteiger partial charge < -0.3 is 10.1 Å². The molecule has 1 aliphatic heterocycles. The van der Waals surface area contributed by atoms with Crippen molar-refractivity contribution in [3.63, 3.8) is 0 Å². The van der Waals surface area contributed by atoms with E-state index in [0.717, 1.165) is 53.8 Å². The third-order valence-corrected chi connectivity index (χ3v) is 9.45. The number of nitrogens with one attached hydrogen (secondary N) is 2. The molecule has 2 fully saturated rings. The number of hydrogen-bond donors (Lipinski definition) is 2. The van der Waals surface area contributed by atoms with Crippen LogP contribution >= 0.6 is 22.7 Å². The highest BCUT2D eigenvalue weighted by Crippen LogP contribution is 2.31. The van der Waals surface area contributed by atoms with Crippen molar-refractivity contribution in [3.8, 4) is 11.4 Å². The first-order chi connectivity index (χ1) is 14.8. The molecule has 1 saturated carbocycles. The standard InChI is InChI=1S/C20H31N5O3S3/c1-13-11-28-9-8-25(13)31(26,27)24-17-6-4-16(5-7-17)10-21-20-23-18(12-29-20)19-14(2)30-15(3)22-19/h12-13,16-17,24H,4-11H2,1-3H3,(H,21,23). The number of anilines is 1. The van der Waals surface area contributed by atoms with Crippen molar-refractivity contribution in [1.29, 1.82) is 0 Å². The fourth-order valence-corrected chi connectivity index (χ4v) is 7.47. The first kappa shape index (κ1) is 23.1. The number of aromatic nitrogens is 2. The van der Waals surface area contributed by atoms with E-state index in [4.69, 9.17) is 9.72 Å². The van der Waals surface area contributed by atoms with Gasteiger partial charge in [-0.05, 0) is 52.4 Å². The van der Waals surface area contributed by atoms with Gasteiger partial charge in [0.2, 0.25) is 0 Å². The van der Waals surface area contributed by atoms with Crippen molar-refractivity contribution in [2.75, 3.05) is 31.6 Å². The summed E-state index contributed by atoms with van der Waals surface area (Å²) < 4.78 is 35.3. The van der Waals surface area contributed by atoms with Gasteiger partial charge in [0.05, 0.1) is 18.2 Å². The van der Waals surface area contributed by atoms with Crippen LogP contribution in [0.4, 0.5) is 5.13 Å². The predicted molar refractivity (Wildman–Crippen MR) is 126 cm³/mol. The number of thiazole rings is 2. The van der Waals surface area contributed by atoms with Gasteiger partial charge in [0.25, 0.3) is 10.2 Å². The van der Waals surface area contributed by atoms with Crippen LogP contribution in [-0.2, 0) is 14.9 Å². The zero-order chi connectivity index (χ0) is 22.0. The lowest BCUT2D eigenvalue weighted by molar-refractivity contribution is 0.0384. The predicted octanol–water partition coefficient (Wildman–Crippen LogP) is 3.41. The van der Waals surface area contributed by atoms with Crippen LogP contribution < -0.4 is 10.0 Å². The summed E-state index contributed by atoms with van der Waals surface area (Å²) in [5.74, 6) is 0.527. The second kappa shape index (κ2) is 9.80. The maximum Gasteiger partial charge on any atom is 0.280 e. The van der Waals surface area contributed by atoms with Crippen molar-refractivity contribution in [3.05, 3.63) is 15.3 Å². The van der Waals surface area contributed by atoms with Crippen LogP contribution in [0.15, 0.2) is 5.38 Å². The zero-order valence-electron chi connectivity index (χ0n) is 18.3. The molecule has 4 rings (SSSR count). The maximum absolute atomic E-state index is 12.7. The SMILES string of the molecule is Cc1nc(-c2csc(NCC3CCC(NS(=O)(=O)N4CCOCC4C)CC3)n2)c(C)s1. The van der Waals surface area contributed by atoms with Gasteiger partial charge in [-0.15, -0.1) is 22.7 Å². The Morgan fingerprint density at radius 2 is 2.00 bits per heavy atom. The lowest BCUT2D eigenvalue weighted by Crippen LogP contribution is -2.54. The lowest BCUT2D eigenvalue weighted by Gasteiger charge is -2.35. The minimum atomic E-state index is -3.46. The summed E-state index contributed by atoms with van der Waals surface area (Å²) in [5.41, 5.74) is 1.92. The quantitative estimate of drug-likeness (QED) is 0.624. The summed E-state index contributed by atoms with van der Waals surface area (Å²) >= 11 is 3.31. The van der Waals surface area contributed by atoms with Crippen LogP contribution in [0.3, 0.4) is 0 Å². The summed E-state index contributed by atoms with van der Waals surface area (Å²) in [7, 11) is -3.46. The molecule has 0 aromatic carbocycles. The molecule has 0 radical (unpaired) electrons. The van der Waals surface area contributed by atoms with Gasteiger partial charge in [-0.25, -0.2) is 9.97 Å². The number of hydrogen-bond acceptors (Lipinski definition) is 8. The topological polar surface area (TPSA) is 96.5 Å². The maximum atomic E-state index is 12.7. The average molecular weight is 486 g/mol. The van der Waals surface area contributed by atoms with E-state index in [0.29, 0.717) is 25.7 Å². The van der Waals surface area contributed by atoms with Gasteiger partial charge >= 0.3 is 0 Å². The zero-order valence-corrected chi connectivity index (χ0v) is 20.7. The van der Waals surface area contributed by atoms with E-state index >= 15 is 0 Å². The fourth-order valence-electron chi connectivity index (χ4n) is 4.29. The number of rotatable bonds is 7. The molecule has 8 nitrogen and oxygen atoms in total. The first-order valence-electron chi connectivity index (χ1n) is 10.8. The number of morpholine rings is 1. The van der Waals surface area contributed by atoms with Crippen molar-refractivity contribution in [2.45, 2.75) is 58.5 Å². The lowest BCUT2D eigenvalue weighted by atomic mass is 9.86. The third-order valence-electron chi connectivity index (χ3n) is 5.97. The Morgan fingerprint density at radius 3 is 2.68 bits per heavy atom. The smallest absolute Gasteiger partial charge is 0.280 e. The molecule has 3 heterocycles. The van der Waals surface area contributed by atoms with Crippen molar-refractivity contribution in [2.24, 2.45) is 5.92 Å². The molecular formula is C20H31N5O3S3. The van der Waals surface area contributed by atoms with Gasteiger partial charge in [0.1, 0.15) is 11.4 Å². The van der Waals surface area contributed by atoms with E-state index in [-0.39, 0.29) is 12.1 Å². The van der Waals surface area contributed by atoms with Gasteiger partial charge in [-0.1, -0.05) is 0 Å². The van der Waals surface area contributed by atoms with Gasteiger partial charge in [0.15, 0.2) is 5.13 Å². The van der Waals surface area contributed by atoms with Crippen LogP contribution in [0.25, 0.3) is 11.4 Å².